The Morgan fingerprint density at radius 1 is 1.17 bits per heavy atom. The number of benzene rings is 1. The number of carbonyl (C=O) groups is 2. The zero-order valence-corrected chi connectivity index (χ0v) is 13.7. The molecule has 3 rings (SSSR count). The zero-order chi connectivity index (χ0) is 16.2. The van der Waals surface area contributed by atoms with Crippen LogP contribution in [-0.2, 0) is 33.7 Å². The van der Waals surface area contributed by atoms with Crippen LogP contribution >= 0.6 is 11.3 Å². The van der Waals surface area contributed by atoms with Crippen molar-refractivity contribution in [2.75, 3.05) is 6.61 Å². The molecule has 0 N–H and O–H groups in total. The van der Waals surface area contributed by atoms with E-state index in [0.717, 1.165) is 16.0 Å². The van der Waals surface area contributed by atoms with Gasteiger partial charge in [-0.1, -0.05) is 30.3 Å². The van der Waals surface area contributed by atoms with Crippen LogP contribution in [0.25, 0.3) is 0 Å². The molecule has 1 aromatic carbocycles. The van der Waals surface area contributed by atoms with Gasteiger partial charge < -0.3 is 9.47 Å². The van der Waals surface area contributed by atoms with Gasteiger partial charge in [-0.05, 0) is 37.0 Å². The monoisotopic (exact) mass is 330 g/mol. The molecule has 1 unspecified atom stereocenters. The fourth-order valence-electron chi connectivity index (χ4n) is 2.69. The molecule has 1 heterocycles. The molecule has 0 amide bonds. The summed E-state index contributed by atoms with van der Waals surface area (Å²) in [6.07, 6.45) is 1.28. The highest BCUT2D eigenvalue weighted by molar-refractivity contribution is 7.14. The predicted molar refractivity (Wildman–Crippen MR) is 87.4 cm³/mol. The lowest BCUT2D eigenvalue weighted by atomic mass is 10.1. The first-order valence-electron chi connectivity index (χ1n) is 7.66. The number of fused-ring (bicyclic) bond motifs is 1. The molecule has 0 saturated carbocycles. The van der Waals surface area contributed by atoms with E-state index in [0.29, 0.717) is 30.9 Å². The number of esters is 2. The molecule has 5 heteroatoms. The molecular formula is C18H18O4S. The van der Waals surface area contributed by atoms with Crippen LogP contribution in [0.5, 0.6) is 0 Å². The van der Waals surface area contributed by atoms with E-state index in [-0.39, 0.29) is 17.9 Å². The first-order chi connectivity index (χ1) is 11.2. The fourth-order valence-corrected chi connectivity index (χ4v) is 3.86. The summed E-state index contributed by atoms with van der Waals surface area (Å²) < 4.78 is 10.4. The number of hydrogen-bond acceptors (Lipinski definition) is 5. The van der Waals surface area contributed by atoms with Gasteiger partial charge in [0.15, 0.2) is 0 Å². The minimum Gasteiger partial charge on any atom is -0.462 e. The van der Waals surface area contributed by atoms with Crippen molar-refractivity contribution in [3.8, 4) is 0 Å². The fraction of sp³-hybridized carbons (Fsp3) is 0.333. The summed E-state index contributed by atoms with van der Waals surface area (Å²) in [5.41, 5.74) is 2.05. The van der Waals surface area contributed by atoms with Crippen molar-refractivity contribution in [3.63, 3.8) is 0 Å². The van der Waals surface area contributed by atoms with Crippen molar-refractivity contribution in [1.29, 1.82) is 0 Å². The maximum Gasteiger partial charge on any atom is 0.348 e. The van der Waals surface area contributed by atoms with Gasteiger partial charge in [0.2, 0.25) is 0 Å². The number of thiophene rings is 1. The third-order valence-corrected chi connectivity index (χ3v) is 5.01. The molecule has 0 aliphatic heterocycles. The lowest BCUT2D eigenvalue weighted by molar-refractivity contribution is -0.149. The molecule has 23 heavy (non-hydrogen) atoms. The van der Waals surface area contributed by atoms with E-state index >= 15 is 0 Å². The Labute approximate surface area is 139 Å². The van der Waals surface area contributed by atoms with Gasteiger partial charge in [0.05, 0.1) is 12.5 Å². The predicted octanol–water partition coefficient (Wildman–Crippen LogP) is 3.38. The van der Waals surface area contributed by atoms with E-state index in [2.05, 4.69) is 0 Å². The van der Waals surface area contributed by atoms with E-state index in [1.165, 1.54) is 11.3 Å². The molecule has 1 aliphatic rings. The SMILES string of the molecule is CCOC(=O)c1cc2c(s1)CC(C(=O)OCc1ccccc1)C2. The van der Waals surface area contributed by atoms with Crippen molar-refractivity contribution >= 4 is 23.3 Å². The van der Waals surface area contributed by atoms with Gasteiger partial charge in [0, 0.05) is 4.88 Å². The highest BCUT2D eigenvalue weighted by atomic mass is 32.1. The molecule has 0 fully saturated rings. The van der Waals surface area contributed by atoms with Crippen LogP contribution in [0.4, 0.5) is 0 Å². The molecule has 1 aromatic heterocycles. The quantitative estimate of drug-likeness (QED) is 0.789. The molecule has 2 aromatic rings. The van der Waals surface area contributed by atoms with Crippen LogP contribution in [-0.4, -0.2) is 18.5 Å². The van der Waals surface area contributed by atoms with Crippen molar-refractivity contribution in [2.45, 2.75) is 26.4 Å². The maximum absolute atomic E-state index is 12.2. The summed E-state index contributed by atoms with van der Waals surface area (Å²) in [5, 5.41) is 0. The van der Waals surface area contributed by atoms with E-state index in [1.54, 1.807) is 6.92 Å². The second kappa shape index (κ2) is 6.96. The highest BCUT2D eigenvalue weighted by Gasteiger charge is 2.31. The highest BCUT2D eigenvalue weighted by Crippen LogP contribution is 2.35. The van der Waals surface area contributed by atoms with E-state index in [9.17, 15) is 9.59 Å². The van der Waals surface area contributed by atoms with Gasteiger partial charge in [-0.2, -0.15) is 0 Å². The third kappa shape index (κ3) is 3.62. The summed E-state index contributed by atoms with van der Waals surface area (Å²) in [5.74, 6) is -0.596. The summed E-state index contributed by atoms with van der Waals surface area (Å²) >= 11 is 1.42. The van der Waals surface area contributed by atoms with Crippen molar-refractivity contribution in [1.82, 2.24) is 0 Å². The summed E-state index contributed by atoms with van der Waals surface area (Å²) in [6, 6.07) is 11.5. The largest absolute Gasteiger partial charge is 0.462 e. The van der Waals surface area contributed by atoms with Crippen LogP contribution in [0.2, 0.25) is 0 Å². The standard InChI is InChI=1S/C18H18O4S/c1-2-21-18(20)16-9-13-8-14(10-15(13)23-16)17(19)22-11-12-6-4-3-5-7-12/h3-7,9,14H,2,8,10-11H2,1H3. The third-order valence-electron chi connectivity index (χ3n) is 3.83. The molecule has 0 bridgehead atoms. The van der Waals surface area contributed by atoms with Gasteiger partial charge in [0.1, 0.15) is 11.5 Å². The van der Waals surface area contributed by atoms with Crippen LogP contribution in [0, 0.1) is 5.92 Å². The average Bonchev–Trinajstić information content (AvgIpc) is 3.12. The minimum atomic E-state index is -0.282. The average molecular weight is 330 g/mol. The first-order valence-corrected chi connectivity index (χ1v) is 8.48. The molecular weight excluding hydrogens is 312 g/mol. The van der Waals surface area contributed by atoms with Crippen molar-refractivity contribution in [3.05, 3.63) is 57.3 Å². The lowest BCUT2D eigenvalue weighted by Gasteiger charge is -2.10. The number of ether oxygens (including phenoxy) is 2. The molecule has 1 atom stereocenters. The Morgan fingerprint density at radius 2 is 1.96 bits per heavy atom. The molecule has 0 spiro atoms. The zero-order valence-electron chi connectivity index (χ0n) is 12.9. The van der Waals surface area contributed by atoms with Gasteiger partial charge >= 0.3 is 11.9 Å². The summed E-state index contributed by atoms with van der Waals surface area (Å²) in [6.45, 7) is 2.46. The van der Waals surface area contributed by atoms with Gasteiger partial charge in [0.25, 0.3) is 0 Å². The Morgan fingerprint density at radius 3 is 2.65 bits per heavy atom. The smallest absolute Gasteiger partial charge is 0.348 e. The van der Waals surface area contributed by atoms with Crippen LogP contribution in [0.3, 0.4) is 0 Å². The van der Waals surface area contributed by atoms with Crippen LogP contribution in [0.15, 0.2) is 36.4 Å². The molecule has 120 valence electrons. The summed E-state index contributed by atoms with van der Waals surface area (Å²) in [7, 11) is 0. The van der Waals surface area contributed by atoms with Crippen LogP contribution in [0.1, 0.15) is 32.6 Å². The first kappa shape index (κ1) is 15.7. The molecule has 0 saturated heterocycles. The van der Waals surface area contributed by atoms with Gasteiger partial charge in [-0.15, -0.1) is 11.3 Å². The molecule has 0 radical (unpaired) electrons. The van der Waals surface area contributed by atoms with Crippen molar-refractivity contribution in [2.24, 2.45) is 5.92 Å². The Kier molecular flexibility index (Phi) is 4.76. The minimum absolute atomic E-state index is 0.142. The summed E-state index contributed by atoms with van der Waals surface area (Å²) in [4.78, 5) is 25.6. The molecule has 1 aliphatic carbocycles. The maximum atomic E-state index is 12.2. The van der Waals surface area contributed by atoms with E-state index < -0.39 is 0 Å². The number of carbonyl (C=O) groups excluding carboxylic acids is 2. The topological polar surface area (TPSA) is 52.6 Å². The second-order valence-corrected chi connectivity index (χ2v) is 6.61. The van der Waals surface area contributed by atoms with Crippen molar-refractivity contribution < 1.29 is 19.1 Å². The Bertz CT molecular complexity index is 682. The normalized spacial score (nSPS) is 16.0. The molecule has 4 nitrogen and oxygen atoms in total. The lowest BCUT2D eigenvalue weighted by Crippen LogP contribution is -2.18. The Balaban J connectivity index is 1.56. The van der Waals surface area contributed by atoms with Gasteiger partial charge in [-0.3, -0.25) is 4.79 Å². The second-order valence-electron chi connectivity index (χ2n) is 5.48. The van der Waals surface area contributed by atoms with E-state index in [4.69, 9.17) is 9.47 Å². The van der Waals surface area contributed by atoms with Crippen LogP contribution < -0.4 is 0 Å². The number of hydrogen-bond donors (Lipinski definition) is 0. The van der Waals surface area contributed by atoms with Gasteiger partial charge in [-0.25, -0.2) is 4.79 Å². The van der Waals surface area contributed by atoms with E-state index in [1.807, 2.05) is 36.4 Å². The number of rotatable bonds is 5. The Hall–Kier alpha value is -2.14.